The minimum Gasteiger partial charge on any atom is -0.444 e. The molecule has 118 valence electrons. The zero-order chi connectivity index (χ0) is 15.3. The van der Waals surface area contributed by atoms with Crippen molar-refractivity contribution in [3.05, 3.63) is 0 Å². The number of hydrogen-bond donors (Lipinski definition) is 1. The van der Waals surface area contributed by atoms with Crippen molar-refractivity contribution in [3.8, 4) is 0 Å². The fraction of sp³-hybridized carbons (Fsp3) is 0.933. The van der Waals surface area contributed by atoms with Gasteiger partial charge in [-0.05, 0) is 33.1 Å². The van der Waals surface area contributed by atoms with Crippen molar-refractivity contribution in [1.29, 1.82) is 0 Å². The van der Waals surface area contributed by atoms with Crippen LogP contribution in [0.1, 0.15) is 47.5 Å². The van der Waals surface area contributed by atoms with E-state index in [1.165, 1.54) is 0 Å². The number of amides is 1. The second kappa shape index (κ2) is 7.27. The van der Waals surface area contributed by atoms with Crippen LogP contribution in [0.4, 0.5) is 4.79 Å². The van der Waals surface area contributed by atoms with Gasteiger partial charge in [-0.25, -0.2) is 4.79 Å². The molecule has 5 nitrogen and oxygen atoms in total. The van der Waals surface area contributed by atoms with Crippen LogP contribution in [0, 0.1) is 5.92 Å². The van der Waals surface area contributed by atoms with Crippen molar-refractivity contribution >= 4 is 6.09 Å². The van der Waals surface area contributed by atoms with Gasteiger partial charge in [-0.15, -0.1) is 0 Å². The minimum absolute atomic E-state index is 0.312. The Morgan fingerprint density at radius 1 is 1.50 bits per heavy atom. The van der Waals surface area contributed by atoms with E-state index in [2.05, 4.69) is 13.8 Å². The van der Waals surface area contributed by atoms with Crippen LogP contribution >= 0.6 is 0 Å². The number of carbonyl (C=O) groups excluding carboxylic acids is 1. The maximum Gasteiger partial charge on any atom is 0.410 e. The summed E-state index contributed by atoms with van der Waals surface area (Å²) in [6.45, 7) is 11.1. The van der Waals surface area contributed by atoms with E-state index in [0.717, 1.165) is 6.42 Å². The predicted molar refractivity (Wildman–Crippen MR) is 77.6 cm³/mol. The van der Waals surface area contributed by atoms with E-state index in [1.807, 2.05) is 20.8 Å². The summed E-state index contributed by atoms with van der Waals surface area (Å²) in [6.07, 6.45) is 0.743. The Bertz CT molecular complexity index is 313. The molecule has 0 bridgehead atoms. The molecule has 1 amide bonds. The second-order valence-electron chi connectivity index (χ2n) is 6.63. The van der Waals surface area contributed by atoms with Crippen LogP contribution in [0.5, 0.6) is 0 Å². The van der Waals surface area contributed by atoms with Crippen molar-refractivity contribution in [2.24, 2.45) is 5.92 Å². The maximum absolute atomic E-state index is 12.2. The van der Waals surface area contributed by atoms with E-state index in [4.69, 9.17) is 9.47 Å². The number of hydrogen-bond acceptors (Lipinski definition) is 4. The number of rotatable bonds is 4. The smallest absolute Gasteiger partial charge is 0.410 e. The number of carbonyl (C=O) groups is 1. The number of aliphatic hydroxyl groups excluding tert-OH is 1. The molecule has 0 aromatic rings. The predicted octanol–water partition coefficient (Wildman–Crippen LogP) is 2.42. The number of nitrogens with zero attached hydrogens (tertiary/aromatic N) is 1. The molecule has 0 aromatic heterocycles. The Kier molecular flexibility index (Phi) is 6.27. The zero-order valence-corrected chi connectivity index (χ0v) is 13.4. The molecule has 1 aliphatic rings. The summed E-state index contributed by atoms with van der Waals surface area (Å²) >= 11 is 0. The standard InChI is InChI=1S/C15H29NO4/c1-6-11(2)9-13(17)12-10-19-8-7-16(12)14(18)20-15(3,4)5/h11-13,17H,6-10H2,1-5H3. The van der Waals surface area contributed by atoms with Gasteiger partial charge in [0.25, 0.3) is 0 Å². The lowest BCUT2D eigenvalue weighted by Crippen LogP contribution is -2.55. The van der Waals surface area contributed by atoms with Crippen molar-refractivity contribution < 1.29 is 19.4 Å². The van der Waals surface area contributed by atoms with Crippen LogP contribution < -0.4 is 0 Å². The molecule has 0 saturated carbocycles. The highest BCUT2D eigenvalue weighted by Gasteiger charge is 2.35. The third kappa shape index (κ3) is 5.29. The molecule has 1 rings (SSSR count). The van der Waals surface area contributed by atoms with Gasteiger partial charge in [-0.2, -0.15) is 0 Å². The first-order valence-corrected chi connectivity index (χ1v) is 7.50. The van der Waals surface area contributed by atoms with E-state index < -0.39 is 11.7 Å². The highest BCUT2D eigenvalue weighted by molar-refractivity contribution is 5.68. The Morgan fingerprint density at radius 3 is 2.70 bits per heavy atom. The first-order chi connectivity index (χ1) is 9.24. The number of aliphatic hydroxyl groups is 1. The average Bonchev–Trinajstić information content (AvgIpc) is 2.36. The van der Waals surface area contributed by atoms with Crippen molar-refractivity contribution in [2.75, 3.05) is 19.8 Å². The molecule has 1 heterocycles. The molecule has 3 atom stereocenters. The summed E-state index contributed by atoms with van der Waals surface area (Å²) in [5.74, 6) is 0.424. The van der Waals surface area contributed by atoms with E-state index in [0.29, 0.717) is 32.1 Å². The normalized spacial score (nSPS) is 23.3. The van der Waals surface area contributed by atoms with E-state index in [-0.39, 0.29) is 12.1 Å². The van der Waals surface area contributed by atoms with E-state index >= 15 is 0 Å². The summed E-state index contributed by atoms with van der Waals surface area (Å²) in [4.78, 5) is 13.8. The van der Waals surface area contributed by atoms with E-state index in [9.17, 15) is 9.90 Å². The van der Waals surface area contributed by atoms with Crippen molar-refractivity contribution in [1.82, 2.24) is 4.90 Å². The Hall–Kier alpha value is -0.810. The van der Waals surface area contributed by atoms with Crippen LogP contribution in [0.2, 0.25) is 0 Å². The minimum atomic E-state index is -0.572. The summed E-state index contributed by atoms with van der Waals surface area (Å²) < 4.78 is 10.8. The quantitative estimate of drug-likeness (QED) is 0.862. The largest absolute Gasteiger partial charge is 0.444 e. The number of morpholine rings is 1. The van der Waals surface area contributed by atoms with Crippen LogP contribution in [0.3, 0.4) is 0 Å². The molecule has 1 saturated heterocycles. The Morgan fingerprint density at radius 2 is 2.15 bits per heavy atom. The van der Waals surface area contributed by atoms with Gasteiger partial charge in [-0.1, -0.05) is 20.3 Å². The average molecular weight is 287 g/mol. The van der Waals surface area contributed by atoms with Crippen molar-refractivity contribution in [2.45, 2.75) is 65.2 Å². The van der Waals surface area contributed by atoms with Gasteiger partial charge in [-0.3, -0.25) is 4.90 Å². The lowest BCUT2D eigenvalue weighted by molar-refractivity contribution is -0.0703. The molecule has 0 spiro atoms. The summed E-state index contributed by atoms with van der Waals surface area (Å²) in [6, 6.07) is -0.312. The molecule has 1 N–H and O–H groups in total. The van der Waals surface area contributed by atoms with Gasteiger partial charge >= 0.3 is 6.09 Å². The third-order valence-corrected chi connectivity index (χ3v) is 3.58. The molecule has 1 fully saturated rings. The number of ether oxygens (including phenoxy) is 2. The first-order valence-electron chi connectivity index (χ1n) is 7.50. The molecule has 5 heteroatoms. The Labute approximate surface area is 122 Å². The van der Waals surface area contributed by atoms with Gasteiger partial charge in [0.05, 0.1) is 25.4 Å². The molecule has 0 aliphatic carbocycles. The summed E-state index contributed by atoms with van der Waals surface area (Å²) in [5.41, 5.74) is -0.526. The zero-order valence-electron chi connectivity index (χ0n) is 13.4. The second-order valence-corrected chi connectivity index (χ2v) is 6.63. The first kappa shape index (κ1) is 17.2. The Balaban J connectivity index is 2.68. The van der Waals surface area contributed by atoms with Crippen LogP contribution in [0.25, 0.3) is 0 Å². The third-order valence-electron chi connectivity index (χ3n) is 3.58. The van der Waals surface area contributed by atoms with Gasteiger partial charge in [0.2, 0.25) is 0 Å². The topological polar surface area (TPSA) is 59.0 Å². The van der Waals surface area contributed by atoms with Crippen LogP contribution in [0.15, 0.2) is 0 Å². The molecular weight excluding hydrogens is 258 g/mol. The van der Waals surface area contributed by atoms with Gasteiger partial charge < -0.3 is 14.6 Å². The molecule has 0 aromatic carbocycles. The van der Waals surface area contributed by atoms with Crippen molar-refractivity contribution in [3.63, 3.8) is 0 Å². The van der Waals surface area contributed by atoms with Gasteiger partial charge in [0, 0.05) is 6.54 Å². The molecule has 0 radical (unpaired) electrons. The van der Waals surface area contributed by atoms with Gasteiger partial charge in [0.15, 0.2) is 0 Å². The van der Waals surface area contributed by atoms with Crippen LogP contribution in [-0.2, 0) is 9.47 Å². The monoisotopic (exact) mass is 287 g/mol. The summed E-state index contributed by atoms with van der Waals surface area (Å²) in [5, 5.41) is 10.4. The fourth-order valence-electron chi connectivity index (χ4n) is 2.22. The molecule has 20 heavy (non-hydrogen) atoms. The van der Waals surface area contributed by atoms with E-state index in [1.54, 1.807) is 4.90 Å². The SMILES string of the molecule is CCC(C)CC(O)C1COCCN1C(=O)OC(C)(C)C. The summed E-state index contributed by atoms with van der Waals surface area (Å²) in [7, 11) is 0. The highest BCUT2D eigenvalue weighted by atomic mass is 16.6. The van der Waals surface area contributed by atoms with Gasteiger partial charge in [0.1, 0.15) is 5.60 Å². The lowest BCUT2D eigenvalue weighted by Gasteiger charge is -2.39. The fourth-order valence-corrected chi connectivity index (χ4v) is 2.22. The molecule has 3 unspecified atom stereocenters. The van der Waals surface area contributed by atoms with Crippen LogP contribution in [-0.4, -0.2) is 53.6 Å². The lowest BCUT2D eigenvalue weighted by atomic mass is 9.96. The highest BCUT2D eigenvalue weighted by Crippen LogP contribution is 2.21. The maximum atomic E-state index is 12.2. The molecule has 1 aliphatic heterocycles. The molecular formula is C15H29NO4.